The number of aromatic nitrogens is 2. The van der Waals surface area contributed by atoms with Gasteiger partial charge in [-0.05, 0) is 32.6 Å². The lowest BCUT2D eigenvalue weighted by Crippen LogP contribution is -2.60. The molecule has 138 valence electrons. The molecule has 0 spiro atoms. The molecule has 1 amide bonds. The number of hydrogen-bond donors (Lipinski definition) is 1. The highest BCUT2D eigenvalue weighted by atomic mass is 16.5. The van der Waals surface area contributed by atoms with Gasteiger partial charge in [0, 0.05) is 38.0 Å². The van der Waals surface area contributed by atoms with Crippen molar-refractivity contribution in [3.8, 4) is 0 Å². The van der Waals surface area contributed by atoms with Gasteiger partial charge in [0.1, 0.15) is 0 Å². The molecular weight excluding hydrogens is 320 g/mol. The average molecular weight is 348 g/mol. The van der Waals surface area contributed by atoms with E-state index in [0.29, 0.717) is 43.7 Å². The van der Waals surface area contributed by atoms with Gasteiger partial charge in [0.25, 0.3) is 0 Å². The number of fused-ring (bicyclic) bond motifs is 1. The Morgan fingerprint density at radius 1 is 1.28 bits per heavy atom. The fourth-order valence-electron chi connectivity index (χ4n) is 4.74. The van der Waals surface area contributed by atoms with Crippen molar-refractivity contribution in [2.75, 3.05) is 26.2 Å². The quantitative estimate of drug-likeness (QED) is 0.888. The molecule has 1 N–H and O–H groups in total. The zero-order valence-electron chi connectivity index (χ0n) is 15.0. The van der Waals surface area contributed by atoms with Gasteiger partial charge in [-0.15, -0.1) is 0 Å². The Morgan fingerprint density at radius 3 is 2.76 bits per heavy atom. The van der Waals surface area contributed by atoms with E-state index in [-0.39, 0.29) is 11.8 Å². The van der Waals surface area contributed by atoms with Gasteiger partial charge in [-0.3, -0.25) is 9.69 Å². The Labute approximate surface area is 148 Å². The minimum atomic E-state index is -0.631. The number of aliphatic hydroxyl groups is 1. The molecule has 4 rings (SSSR count). The summed E-state index contributed by atoms with van der Waals surface area (Å²) in [6.07, 6.45) is 5.86. The maximum atomic E-state index is 12.8. The molecule has 2 aliphatic heterocycles. The molecule has 3 aliphatic rings. The zero-order valence-corrected chi connectivity index (χ0v) is 15.0. The molecule has 0 aromatic carbocycles. The van der Waals surface area contributed by atoms with Crippen molar-refractivity contribution in [3.63, 3.8) is 0 Å². The Balaban J connectivity index is 1.39. The van der Waals surface area contributed by atoms with Crippen LogP contribution in [0.3, 0.4) is 0 Å². The van der Waals surface area contributed by atoms with Crippen LogP contribution in [0.25, 0.3) is 0 Å². The van der Waals surface area contributed by atoms with Crippen LogP contribution in [-0.2, 0) is 11.3 Å². The second-order valence-electron chi connectivity index (χ2n) is 8.04. The van der Waals surface area contributed by atoms with Crippen molar-refractivity contribution in [1.29, 1.82) is 0 Å². The third-order valence-electron chi connectivity index (χ3n) is 6.30. The van der Waals surface area contributed by atoms with Gasteiger partial charge in [-0.25, -0.2) is 0 Å². The highest BCUT2D eigenvalue weighted by Crippen LogP contribution is 2.37. The second kappa shape index (κ2) is 6.68. The standard InChI is InChI=1S/C18H28N4O3/c1-13-19-16(25-20-13)12-21-8-6-18(24)7-9-22(11-15(18)10-21)17(23)14-4-2-3-5-14/h14-15,24H,2-12H2,1H3/t15-,18-/m1/s1. The first-order valence-electron chi connectivity index (χ1n) is 9.56. The van der Waals surface area contributed by atoms with Crippen molar-refractivity contribution in [2.45, 2.75) is 57.6 Å². The monoisotopic (exact) mass is 348 g/mol. The highest BCUT2D eigenvalue weighted by Gasteiger charge is 2.46. The van der Waals surface area contributed by atoms with Gasteiger partial charge in [-0.2, -0.15) is 4.98 Å². The highest BCUT2D eigenvalue weighted by molar-refractivity contribution is 5.79. The minimum absolute atomic E-state index is 0.101. The van der Waals surface area contributed by atoms with E-state index >= 15 is 0 Å². The van der Waals surface area contributed by atoms with Gasteiger partial charge in [0.15, 0.2) is 5.82 Å². The van der Waals surface area contributed by atoms with Crippen molar-refractivity contribution in [1.82, 2.24) is 19.9 Å². The van der Waals surface area contributed by atoms with Crippen LogP contribution >= 0.6 is 0 Å². The van der Waals surface area contributed by atoms with E-state index in [1.807, 2.05) is 11.8 Å². The summed E-state index contributed by atoms with van der Waals surface area (Å²) in [5.74, 6) is 1.90. The number of carbonyl (C=O) groups excluding carboxylic acids is 1. The van der Waals surface area contributed by atoms with E-state index in [9.17, 15) is 9.90 Å². The van der Waals surface area contributed by atoms with Crippen LogP contribution in [0, 0.1) is 18.8 Å². The van der Waals surface area contributed by atoms with E-state index in [0.717, 1.165) is 32.4 Å². The van der Waals surface area contributed by atoms with E-state index in [2.05, 4.69) is 15.0 Å². The topological polar surface area (TPSA) is 82.7 Å². The zero-order chi connectivity index (χ0) is 17.4. The van der Waals surface area contributed by atoms with Crippen LogP contribution in [0.1, 0.15) is 50.2 Å². The van der Waals surface area contributed by atoms with E-state index in [1.54, 1.807) is 0 Å². The smallest absolute Gasteiger partial charge is 0.240 e. The van der Waals surface area contributed by atoms with Crippen molar-refractivity contribution >= 4 is 5.91 Å². The molecule has 25 heavy (non-hydrogen) atoms. The van der Waals surface area contributed by atoms with Gasteiger partial charge in [-0.1, -0.05) is 18.0 Å². The number of piperidine rings is 2. The lowest BCUT2D eigenvalue weighted by atomic mass is 9.75. The van der Waals surface area contributed by atoms with E-state index in [4.69, 9.17) is 4.52 Å². The first-order valence-corrected chi connectivity index (χ1v) is 9.56. The third kappa shape index (κ3) is 3.44. The molecule has 7 nitrogen and oxygen atoms in total. The number of hydrogen-bond acceptors (Lipinski definition) is 6. The number of rotatable bonds is 3. The molecule has 2 atom stereocenters. The fraction of sp³-hybridized carbons (Fsp3) is 0.833. The summed E-state index contributed by atoms with van der Waals surface area (Å²) in [6, 6.07) is 0. The lowest BCUT2D eigenvalue weighted by Gasteiger charge is -2.50. The number of likely N-dealkylation sites (tertiary alicyclic amines) is 2. The number of aryl methyl sites for hydroxylation is 1. The SMILES string of the molecule is Cc1noc(CN2CC[C@@]3(O)CCN(C(=O)C4CCCC4)C[C@H]3C2)n1. The minimum Gasteiger partial charge on any atom is -0.389 e. The third-order valence-corrected chi connectivity index (χ3v) is 6.30. The van der Waals surface area contributed by atoms with Gasteiger partial charge in [0.2, 0.25) is 11.8 Å². The first kappa shape index (κ1) is 17.0. The molecule has 0 bridgehead atoms. The summed E-state index contributed by atoms with van der Waals surface area (Å²) in [5, 5.41) is 14.9. The predicted molar refractivity (Wildman–Crippen MR) is 90.5 cm³/mol. The Hall–Kier alpha value is -1.47. The van der Waals surface area contributed by atoms with Crippen LogP contribution < -0.4 is 0 Å². The maximum absolute atomic E-state index is 12.8. The molecule has 1 saturated carbocycles. The lowest BCUT2D eigenvalue weighted by molar-refractivity contribution is -0.150. The summed E-state index contributed by atoms with van der Waals surface area (Å²) in [5.41, 5.74) is -0.631. The molecule has 3 heterocycles. The summed E-state index contributed by atoms with van der Waals surface area (Å²) in [6.45, 7) is 5.40. The summed E-state index contributed by atoms with van der Waals surface area (Å²) < 4.78 is 5.23. The predicted octanol–water partition coefficient (Wildman–Crippen LogP) is 1.35. The molecule has 1 aliphatic carbocycles. The molecule has 0 radical (unpaired) electrons. The van der Waals surface area contributed by atoms with Crippen molar-refractivity contribution in [3.05, 3.63) is 11.7 Å². The summed E-state index contributed by atoms with van der Waals surface area (Å²) in [4.78, 5) is 21.3. The van der Waals surface area contributed by atoms with Gasteiger partial charge in [0.05, 0.1) is 12.1 Å². The summed E-state index contributed by atoms with van der Waals surface area (Å²) >= 11 is 0. The molecular formula is C18H28N4O3. The fourth-order valence-corrected chi connectivity index (χ4v) is 4.74. The Kier molecular flexibility index (Phi) is 4.54. The van der Waals surface area contributed by atoms with Crippen LogP contribution in [0.15, 0.2) is 4.52 Å². The van der Waals surface area contributed by atoms with E-state index in [1.165, 1.54) is 12.8 Å². The summed E-state index contributed by atoms with van der Waals surface area (Å²) in [7, 11) is 0. The Morgan fingerprint density at radius 2 is 2.04 bits per heavy atom. The molecule has 3 fully saturated rings. The van der Waals surface area contributed by atoms with Crippen LogP contribution in [0.4, 0.5) is 0 Å². The number of amides is 1. The van der Waals surface area contributed by atoms with Crippen molar-refractivity contribution < 1.29 is 14.4 Å². The second-order valence-corrected chi connectivity index (χ2v) is 8.04. The molecule has 2 saturated heterocycles. The van der Waals surface area contributed by atoms with Crippen LogP contribution in [0.2, 0.25) is 0 Å². The molecule has 1 aromatic rings. The normalized spacial score (nSPS) is 31.3. The van der Waals surface area contributed by atoms with Crippen LogP contribution in [0.5, 0.6) is 0 Å². The van der Waals surface area contributed by atoms with Crippen LogP contribution in [-0.4, -0.2) is 62.7 Å². The van der Waals surface area contributed by atoms with Crippen molar-refractivity contribution in [2.24, 2.45) is 11.8 Å². The molecule has 0 unspecified atom stereocenters. The van der Waals surface area contributed by atoms with Gasteiger partial charge < -0.3 is 14.5 Å². The van der Waals surface area contributed by atoms with E-state index < -0.39 is 5.60 Å². The van der Waals surface area contributed by atoms with Gasteiger partial charge >= 0.3 is 0 Å². The number of nitrogens with zero attached hydrogens (tertiary/aromatic N) is 4. The number of carbonyl (C=O) groups is 1. The molecule has 7 heteroatoms. The Bertz CT molecular complexity index is 628. The molecule has 1 aromatic heterocycles. The first-order chi connectivity index (χ1) is 12.0. The average Bonchev–Trinajstić information content (AvgIpc) is 3.26. The maximum Gasteiger partial charge on any atom is 0.240 e. The largest absolute Gasteiger partial charge is 0.389 e.